The van der Waals surface area contributed by atoms with Crippen molar-refractivity contribution in [2.24, 2.45) is 23.7 Å². The minimum atomic E-state index is -0.216. The first-order chi connectivity index (χ1) is 11.1. The highest BCUT2D eigenvalue weighted by atomic mass is 16.3. The summed E-state index contributed by atoms with van der Waals surface area (Å²) in [4.78, 5) is 29.2. The Morgan fingerprint density at radius 2 is 1.39 bits per heavy atom. The molecule has 0 aromatic rings. The van der Waals surface area contributed by atoms with E-state index in [4.69, 9.17) is 0 Å². The van der Waals surface area contributed by atoms with Gasteiger partial charge in [0.05, 0.1) is 12.0 Å². The Bertz CT molecular complexity index is 477. The number of nitrogens with zero attached hydrogens (tertiary/aromatic N) is 2. The molecule has 128 valence electrons. The van der Waals surface area contributed by atoms with Gasteiger partial charge < -0.3 is 14.9 Å². The summed E-state index contributed by atoms with van der Waals surface area (Å²) < 4.78 is 0. The van der Waals surface area contributed by atoms with E-state index < -0.39 is 0 Å². The largest absolute Gasteiger partial charge is 0.392 e. The third kappa shape index (κ3) is 3.00. The molecular formula is C18H28N2O3. The molecule has 2 heterocycles. The zero-order chi connectivity index (χ0) is 16.0. The average molecular weight is 320 g/mol. The molecule has 4 rings (SSSR count). The number of carbonyl (C=O) groups is 2. The number of fused-ring (bicyclic) bond motifs is 2. The maximum atomic E-state index is 13.0. The lowest BCUT2D eigenvalue weighted by molar-refractivity contribution is -0.147. The van der Waals surface area contributed by atoms with Crippen LogP contribution in [0.5, 0.6) is 0 Å². The van der Waals surface area contributed by atoms with Gasteiger partial charge in [-0.2, -0.15) is 0 Å². The Kier molecular flexibility index (Phi) is 4.08. The van der Waals surface area contributed by atoms with Crippen LogP contribution >= 0.6 is 0 Å². The van der Waals surface area contributed by atoms with E-state index in [-0.39, 0.29) is 41.6 Å². The first-order valence-corrected chi connectivity index (χ1v) is 9.39. The smallest absolute Gasteiger partial charge is 0.227 e. The summed E-state index contributed by atoms with van der Waals surface area (Å²) in [5, 5.41) is 10.3. The number of hydrogen-bond acceptors (Lipinski definition) is 3. The second kappa shape index (κ2) is 6.08. The minimum Gasteiger partial charge on any atom is -0.392 e. The number of likely N-dealkylation sites (tertiary alicyclic amines) is 2. The molecule has 2 aliphatic carbocycles. The monoisotopic (exact) mass is 320 g/mol. The molecular weight excluding hydrogens is 292 g/mol. The first-order valence-electron chi connectivity index (χ1n) is 9.39. The van der Waals surface area contributed by atoms with Gasteiger partial charge >= 0.3 is 0 Å². The summed E-state index contributed by atoms with van der Waals surface area (Å²) in [6, 6.07) is 0. The lowest BCUT2D eigenvalue weighted by Gasteiger charge is -2.46. The van der Waals surface area contributed by atoms with Crippen molar-refractivity contribution in [1.29, 1.82) is 0 Å². The summed E-state index contributed by atoms with van der Waals surface area (Å²) in [5.41, 5.74) is 0. The van der Waals surface area contributed by atoms with Crippen LogP contribution in [0.15, 0.2) is 0 Å². The van der Waals surface area contributed by atoms with E-state index in [1.165, 1.54) is 6.42 Å². The number of carbonyl (C=O) groups excluding carboxylic acids is 2. The normalized spacial score (nSPS) is 37.6. The van der Waals surface area contributed by atoms with Crippen molar-refractivity contribution in [3.63, 3.8) is 0 Å². The van der Waals surface area contributed by atoms with Crippen LogP contribution < -0.4 is 0 Å². The highest BCUT2D eigenvalue weighted by Gasteiger charge is 2.42. The van der Waals surface area contributed by atoms with Crippen LogP contribution in [-0.4, -0.2) is 59.0 Å². The SMILES string of the molecule is O=C(C1CC1)N1CCC[C@@H](C(=O)N2C[C@H]3CCC[C@@H](C2)C3O)C1. The quantitative estimate of drug-likeness (QED) is 0.833. The highest BCUT2D eigenvalue weighted by Crippen LogP contribution is 2.36. The molecule has 5 nitrogen and oxygen atoms in total. The van der Waals surface area contributed by atoms with Gasteiger partial charge in [0.15, 0.2) is 0 Å². The molecule has 0 radical (unpaired) electrons. The fourth-order valence-corrected chi connectivity index (χ4v) is 4.81. The molecule has 1 unspecified atom stereocenters. The summed E-state index contributed by atoms with van der Waals surface area (Å²) in [6.07, 6.45) is 6.95. The van der Waals surface area contributed by atoms with Gasteiger partial charge in [-0.25, -0.2) is 0 Å². The Balaban J connectivity index is 1.39. The number of amides is 2. The Labute approximate surface area is 138 Å². The molecule has 0 aromatic heterocycles. The van der Waals surface area contributed by atoms with Crippen molar-refractivity contribution in [2.45, 2.75) is 51.0 Å². The van der Waals surface area contributed by atoms with Gasteiger partial charge in [0, 0.05) is 43.9 Å². The fourth-order valence-electron chi connectivity index (χ4n) is 4.81. The zero-order valence-corrected chi connectivity index (χ0v) is 13.8. The van der Waals surface area contributed by atoms with Gasteiger partial charge in [-0.1, -0.05) is 6.42 Å². The molecule has 0 aromatic carbocycles. The van der Waals surface area contributed by atoms with Crippen molar-refractivity contribution in [3.05, 3.63) is 0 Å². The number of aliphatic hydroxyl groups is 1. The molecule has 4 aliphatic rings. The molecule has 5 heteroatoms. The molecule has 4 fully saturated rings. The summed E-state index contributed by atoms with van der Waals surface area (Å²) in [6.45, 7) is 2.86. The lowest BCUT2D eigenvalue weighted by Crippen LogP contribution is -2.56. The summed E-state index contributed by atoms with van der Waals surface area (Å²) in [5.74, 6) is 1.24. The Hall–Kier alpha value is -1.10. The Morgan fingerprint density at radius 1 is 0.739 bits per heavy atom. The van der Waals surface area contributed by atoms with Crippen LogP contribution in [0.2, 0.25) is 0 Å². The number of rotatable bonds is 2. The molecule has 0 spiro atoms. The standard InChI is InChI=1S/C18H28N2O3/c21-16-13-3-1-4-14(16)10-20(9-13)18(23)15-5-2-8-19(11-15)17(22)12-6-7-12/h12-16,21H,1-11H2/t13-,14+,15-,16?/m1/s1. The average Bonchev–Trinajstić information content (AvgIpc) is 3.38. The van der Waals surface area contributed by atoms with Crippen LogP contribution in [0, 0.1) is 23.7 Å². The van der Waals surface area contributed by atoms with Crippen LogP contribution in [0.4, 0.5) is 0 Å². The van der Waals surface area contributed by atoms with E-state index in [0.717, 1.165) is 45.1 Å². The molecule has 2 bridgehead atoms. The third-order valence-electron chi connectivity index (χ3n) is 6.35. The van der Waals surface area contributed by atoms with E-state index >= 15 is 0 Å². The number of aliphatic hydroxyl groups excluding tert-OH is 1. The molecule has 2 aliphatic heterocycles. The van der Waals surface area contributed by atoms with Gasteiger partial charge in [-0.3, -0.25) is 9.59 Å². The van der Waals surface area contributed by atoms with Crippen molar-refractivity contribution in [2.75, 3.05) is 26.2 Å². The predicted molar refractivity (Wildman–Crippen MR) is 85.4 cm³/mol. The van der Waals surface area contributed by atoms with Gasteiger partial charge in [0.25, 0.3) is 0 Å². The van der Waals surface area contributed by atoms with Crippen molar-refractivity contribution >= 4 is 11.8 Å². The number of hydrogen-bond donors (Lipinski definition) is 1. The maximum Gasteiger partial charge on any atom is 0.227 e. The molecule has 23 heavy (non-hydrogen) atoms. The van der Waals surface area contributed by atoms with Gasteiger partial charge in [-0.15, -0.1) is 0 Å². The van der Waals surface area contributed by atoms with E-state index in [1.807, 2.05) is 9.80 Å². The van der Waals surface area contributed by atoms with Crippen LogP contribution in [0.3, 0.4) is 0 Å². The molecule has 4 atom stereocenters. The van der Waals surface area contributed by atoms with E-state index in [2.05, 4.69) is 0 Å². The second-order valence-electron chi connectivity index (χ2n) is 8.08. The highest BCUT2D eigenvalue weighted by molar-refractivity contribution is 5.83. The summed E-state index contributed by atoms with van der Waals surface area (Å²) >= 11 is 0. The Morgan fingerprint density at radius 3 is 2.04 bits per heavy atom. The van der Waals surface area contributed by atoms with Gasteiger partial charge in [0.2, 0.25) is 11.8 Å². The fraction of sp³-hybridized carbons (Fsp3) is 0.889. The van der Waals surface area contributed by atoms with E-state index in [0.29, 0.717) is 19.6 Å². The van der Waals surface area contributed by atoms with E-state index in [1.54, 1.807) is 0 Å². The topological polar surface area (TPSA) is 60.9 Å². The van der Waals surface area contributed by atoms with E-state index in [9.17, 15) is 14.7 Å². The molecule has 2 saturated heterocycles. The number of piperidine rings is 2. The lowest BCUT2D eigenvalue weighted by atomic mass is 9.75. The maximum absolute atomic E-state index is 13.0. The van der Waals surface area contributed by atoms with Gasteiger partial charge in [-0.05, 0) is 38.5 Å². The first kappa shape index (κ1) is 15.4. The van der Waals surface area contributed by atoms with Crippen molar-refractivity contribution in [3.8, 4) is 0 Å². The van der Waals surface area contributed by atoms with Crippen molar-refractivity contribution < 1.29 is 14.7 Å². The van der Waals surface area contributed by atoms with Gasteiger partial charge in [0.1, 0.15) is 0 Å². The molecule has 2 amide bonds. The molecule has 2 saturated carbocycles. The minimum absolute atomic E-state index is 0.0255. The zero-order valence-electron chi connectivity index (χ0n) is 13.8. The van der Waals surface area contributed by atoms with Crippen LogP contribution in [0.1, 0.15) is 44.9 Å². The summed E-state index contributed by atoms with van der Waals surface area (Å²) in [7, 11) is 0. The predicted octanol–water partition coefficient (Wildman–Crippen LogP) is 1.25. The second-order valence-corrected chi connectivity index (χ2v) is 8.08. The third-order valence-corrected chi connectivity index (χ3v) is 6.35. The van der Waals surface area contributed by atoms with Crippen LogP contribution in [0.25, 0.3) is 0 Å². The van der Waals surface area contributed by atoms with Crippen LogP contribution in [-0.2, 0) is 9.59 Å². The van der Waals surface area contributed by atoms with Crippen molar-refractivity contribution in [1.82, 2.24) is 9.80 Å². The molecule has 1 N–H and O–H groups in total.